The standard InChI is InChI=1S/C18H21NO3/c1-4-21-17-8-6-5-7-16(17)19-18(20)14(3)22-15-11-9-13(2)10-12-15/h5-12,14H,4H2,1-3H3,(H,19,20)/t14-/m1/s1. The summed E-state index contributed by atoms with van der Waals surface area (Å²) >= 11 is 0. The number of hydrogen-bond donors (Lipinski definition) is 1. The Morgan fingerprint density at radius 2 is 1.82 bits per heavy atom. The summed E-state index contributed by atoms with van der Waals surface area (Å²) in [5.74, 6) is 1.11. The van der Waals surface area contributed by atoms with Crippen molar-refractivity contribution < 1.29 is 14.3 Å². The third-order valence-electron chi connectivity index (χ3n) is 3.15. The van der Waals surface area contributed by atoms with Crippen molar-refractivity contribution in [2.45, 2.75) is 26.9 Å². The fourth-order valence-corrected chi connectivity index (χ4v) is 1.96. The van der Waals surface area contributed by atoms with E-state index in [-0.39, 0.29) is 5.91 Å². The zero-order valence-corrected chi connectivity index (χ0v) is 13.1. The number of carbonyl (C=O) groups is 1. The molecular weight excluding hydrogens is 278 g/mol. The van der Waals surface area contributed by atoms with E-state index in [1.807, 2.05) is 62.4 Å². The molecular formula is C18H21NO3. The molecule has 0 spiro atoms. The minimum absolute atomic E-state index is 0.215. The molecule has 4 heteroatoms. The van der Waals surface area contributed by atoms with Crippen LogP contribution in [-0.4, -0.2) is 18.6 Å². The summed E-state index contributed by atoms with van der Waals surface area (Å²) in [6.07, 6.45) is -0.600. The predicted octanol–water partition coefficient (Wildman–Crippen LogP) is 3.80. The van der Waals surface area contributed by atoms with Crippen molar-refractivity contribution in [3.63, 3.8) is 0 Å². The molecule has 1 atom stereocenters. The van der Waals surface area contributed by atoms with Gasteiger partial charge in [0, 0.05) is 0 Å². The van der Waals surface area contributed by atoms with Gasteiger partial charge in [0.15, 0.2) is 6.10 Å². The molecule has 0 saturated carbocycles. The molecule has 1 amide bonds. The van der Waals surface area contributed by atoms with E-state index < -0.39 is 6.10 Å². The molecule has 0 aliphatic rings. The average Bonchev–Trinajstić information content (AvgIpc) is 2.51. The Labute approximate surface area is 131 Å². The van der Waals surface area contributed by atoms with E-state index in [1.165, 1.54) is 0 Å². The molecule has 0 fully saturated rings. The van der Waals surface area contributed by atoms with Crippen molar-refractivity contribution in [1.29, 1.82) is 0 Å². The van der Waals surface area contributed by atoms with Crippen LogP contribution < -0.4 is 14.8 Å². The Morgan fingerprint density at radius 3 is 2.50 bits per heavy atom. The van der Waals surface area contributed by atoms with Crippen LogP contribution in [0.25, 0.3) is 0 Å². The number of para-hydroxylation sites is 2. The zero-order chi connectivity index (χ0) is 15.9. The third kappa shape index (κ3) is 4.25. The molecule has 0 saturated heterocycles. The largest absolute Gasteiger partial charge is 0.492 e. The molecule has 2 aromatic rings. The van der Waals surface area contributed by atoms with Gasteiger partial charge in [-0.2, -0.15) is 0 Å². The van der Waals surface area contributed by atoms with Gasteiger partial charge in [0.1, 0.15) is 11.5 Å². The molecule has 0 aliphatic carbocycles. The summed E-state index contributed by atoms with van der Waals surface area (Å²) < 4.78 is 11.1. The Hall–Kier alpha value is -2.49. The Morgan fingerprint density at radius 1 is 1.14 bits per heavy atom. The van der Waals surface area contributed by atoms with Crippen LogP contribution >= 0.6 is 0 Å². The van der Waals surface area contributed by atoms with Gasteiger partial charge in [0.2, 0.25) is 0 Å². The maximum atomic E-state index is 12.2. The molecule has 0 unspecified atom stereocenters. The van der Waals surface area contributed by atoms with Crippen LogP contribution in [0.15, 0.2) is 48.5 Å². The number of carbonyl (C=O) groups excluding carboxylic acids is 1. The van der Waals surface area contributed by atoms with Gasteiger partial charge in [-0.25, -0.2) is 0 Å². The lowest BCUT2D eigenvalue weighted by molar-refractivity contribution is -0.122. The molecule has 4 nitrogen and oxygen atoms in total. The number of anilines is 1. The molecule has 1 N–H and O–H groups in total. The van der Waals surface area contributed by atoms with E-state index >= 15 is 0 Å². The second-order valence-corrected chi connectivity index (χ2v) is 4.99. The van der Waals surface area contributed by atoms with E-state index in [1.54, 1.807) is 6.92 Å². The monoisotopic (exact) mass is 299 g/mol. The number of aryl methyl sites for hydroxylation is 1. The van der Waals surface area contributed by atoms with Gasteiger partial charge in [0.05, 0.1) is 12.3 Å². The maximum Gasteiger partial charge on any atom is 0.265 e. The van der Waals surface area contributed by atoms with Crippen LogP contribution in [0.3, 0.4) is 0 Å². The molecule has 116 valence electrons. The van der Waals surface area contributed by atoms with Crippen molar-refractivity contribution >= 4 is 11.6 Å². The highest BCUT2D eigenvalue weighted by molar-refractivity contribution is 5.95. The van der Waals surface area contributed by atoms with Crippen molar-refractivity contribution in [2.24, 2.45) is 0 Å². The Balaban J connectivity index is 2.01. The molecule has 0 aromatic heterocycles. The van der Waals surface area contributed by atoms with Gasteiger partial charge in [-0.05, 0) is 45.0 Å². The second-order valence-electron chi connectivity index (χ2n) is 4.99. The highest BCUT2D eigenvalue weighted by atomic mass is 16.5. The summed E-state index contributed by atoms with van der Waals surface area (Å²) in [4.78, 5) is 12.2. The lowest BCUT2D eigenvalue weighted by atomic mass is 10.2. The van der Waals surface area contributed by atoms with Gasteiger partial charge in [0.25, 0.3) is 5.91 Å². The number of amides is 1. The van der Waals surface area contributed by atoms with Gasteiger partial charge in [-0.3, -0.25) is 4.79 Å². The maximum absolute atomic E-state index is 12.2. The number of rotatable bonds is 6. The first-order valence-electron chi connectivity index (χ1n) is 7.36. The number of benzene rings is 2. The van der Waals surface area contributed by atoms with Crippen molar-refractivity contribution in [1.82, 2.24) is 0 Å². The molecule has 0 bridgehead atoms. The van der Waals surface area contributed by atoms with Gasteiger partial charge >= 0.3 is 0 Å². The first-order chi connectivity index (χ1) is 10.6. The SMILES string of the molecule is CCOc1ccccc1NC(=O)[C@@H](C)Oc1ccc(C)cc1. The van der Waals surface area contributed by atoms with E-state index in [2.05, 4.69) is 5.32 Å². The fraction of sp³-hybridized carbons (Fsp3) is 0.278. The number of ether oxygens (including phenoxy) is 2. The predicted molar refractivity (Wildman–Crippen MR) is 87.5 cm³/mol. The lowest BCUT2D eigenvalue weighted by Crippen LogP contribution is -2.30. The van der Waals surface area contributed by atoms with Crippen LogP contribution in [-0.2, 0) is 4.79 Å². The number of nitrogens with one attached hydrogen (secondary N) is 1. The van der Waals surface area contributed by atoms with Gasteiger partial charge in [-0.1, -0.05) is 29.8 Å². The van der Waals surface area contributed by atoms with E-state index in [0.717, 1.165) is 5.56 Å². The quantitative estimate of drug-likeness (QED) is 0.882. The molecule has 2 rings (SSSR count). The Bertz CT molecular complexity index is 622. The van der Waals surface area contributed by atoms with Crippen LogP contribution in [0.5, 0.6) is 11.5 Å². The molecule has 2 aromatic carbocycles. The summed E-state index contributed by atoms with van der Waals surface area (Å²) in [7, 11) is 0. The minimum Gasteiger partial charge on any atom is -0.492 e. The van der Waals surface area contributed by atoms with Crippen LogP contribution in [0.1, 0.15) is 19.4 Å². The zero-order valence-electron chi connectivity index (χ0n) is 13.1. The van der Waals surface area contributed by atoms with Crippen molar-refractivity contribution in [3.05, 3.63) is 54.1 Å². The van der Waals surface area contributed by atoms with Crippen molar-refractivity contribution in [2.75, 3.05) is 11.9 Å². The highest BCUT2D eigenvalue weighted by Crippen LogP contribution is 2.24. The smallest absolute Gasteiger partial charge is 0.265 e. The molecule has 22 heavy (non-hydrogen) atoms. The van der Waals surface area contributed by atoms with Crippen LogP contribution in [0.2, 0.25) is 0 Å². The van der Waals surface area contributed by atoms with Crippen LogP contribution in [0, 0.1) is 6.92 Å². The van der Waals surface area contributed by atoms with Gasteiger partial charge < -0.3 is 14.8 Å². The normalized spacial score (nSPS) is 11.6. The summed E-state index contributed by atoms with van der Waals surface area (Å²) in [6, 6.07) is 15.0. The molecule has 0 heterocycles. The summed E-state index contributed by atoms with van der Waals surface area (Å²) in [5.41, 5.74) is 1.80. The number of hydrogen-bond acceptors (Lipinski definition) is 3. The van der Waals surface area contributed by atoms with Crippen molar-refractivity contribution in [3.8, 4) is 11.5 Å². The first kappa shape index (κ1) is 15.9. The summed E-state index contributed by atoms with van der Waals surface area (Å²) in [6.45, 7) is 6.17. The van der Waals surface area contributed by atoms with Crippen LogP contribution in [0.4, 0.5) is 5.69 Å². The van der Waals surface area contributed by atoms with Gasteiger partial charge in [-0.15, -0.1) is 0 Å². The lowest BCUT2D eigenvalue weighted by Gasteiger charge is -2.16. The van der Waals surface area contributed by atoms with E-state index in [9.17, 15) is 4.79 Å². The fourth-order valence-electron chi connectivity index (χ4n) is 1.96. The van der Waals surface area contributed by atoms with E-state index in [0.29, 0.717) is 23.8 Å². The molecule has 0 aliphatic heterocycles. The highest BCUT2D eigenvalue weighted by Gasteiger charge is 2.16. The topological polar surface area (TPSA) is 47.6 Å². The molecule has 0 radical (unpaired) electrons. The third-order valence-corrected chi connectivity index (χ3v) is 3.15. The van der Waals surface area contributed by atoms with E-state index in [4.69, 9.17) is 9.47 Å². The summed E-state index contributed by atoms with van der Waals surface area (Å²) in [5, 5.41) is 2.84. The second kappa shape index (κ2) is 7.50. The minimum atomic E-state index is -0.600. The average molecular weight is 299 g/mol. The first-order valence-corrected chi connectivity index (χ1v) is 7.36. The Kier molecular flexibility index (Phi) is 5.42.